The van der Waals surface area contributed by atoms with E-state index in [1.807, 2.05) is 0 Å². The average molecular weight is 337 g/mol. The zero-order chi connectivity index (χ0) is 18.1. The maximum Gasteiger partial charge on any atom is 0.197 e. The number of carboxylic acids is 1. The molecule has 1 aliphatic carbocycles. The first-order valence-corrected chi connectivity index (χ1v) is 7.34. The van der Waals surface area contributed by atoms with E-state index in [1.54, 1.807) is 18.2 Å². The molecule has 25 heavy (non-hydrogen) atoms. The summed E-state index contributed by atoms with van der Waals surface area (Å²) >= 11 is 0. The number of hydrogen-bond acceptors (Lipinski definition) is 6. The molecule has 0 fully saturated rings. The molecular weight excluding hydrogens is 324 g/mol. The van der Waals surface area contributed by atoms with Gasteiger partial charge in [0, 0.05) is 11.1 Å². The minimum Gasteiger partial charge on any atom is -0.545 e. The lowest BCUT2D eigenvalue weighted by molar-refractivity contribution is -0.255. The zero-order valence-corrected chi connectivity index (χ0v) is 13.5. The Labute approximate surface area is 143 Å². The van der Waals surface area contributed by atoms with Crippen LogP contribution in [0.25, 0.3) is 6.08 Å². The molecule has 3 rings (SSSR count). The number of ether oxygens (including phenoxy) is 2. The van der Waals surface area contributed by atoms with E-state index in [9.17, 15) is 19.5 Å². The number of Topliss-reactive ketones (excluding diaryl/α,β-unsaturated/α-hetero) is 2. The van der Waals surface area contributed by atoms with Crippen LogP contribution in [0.5, 0.6) is 11.5 Å². The second-order valence-electron chi connectivity index (χ2n) is 5.38. The minimum absolute atomic E-state index is 0.0299. The van der Waals surface area contributed by atoms with Crippen LogP contribution in [0.15, 0.2) is 42.0 Å². The molecule has 6 nitrogen and oxygen atoms in total. The largest absolute Gasteiger partial charge is 0.545 e. The number of carbonyl (C=O) groups is 3. The van der Waals surface area contributed by atoms with E-state index in [0.717, 1.165) is 0 Å². The summed E-state index contributed by atoms with van der Waals surface area (Å²) in [5.74, 6) is -1.37. The fourth-order valence-electron chi connectivity index (χ4n) is 2.69. The SMILES string of the molecule is COc1ccc(C=C2C(=O)c3ccc(C(=O)[O-])cc3C2=O)cc1OC. The smallest absolute Gasteiger partial charge is 0.197 e. The van der Waals surface area contributed by atoms with Gasteiger partial charge in [0.2, 0.25) is 0 Å². The number of benzene rings is 2. The van der Waals surface area contributed by atoms with Gasteiger partial charge in [0.1, 0.15) is 0 Å². The predicted molar refractivity (Wildman–Crippen MR) is 87.0 cm³/mol. The molecular formula is C19H13O6-. The van der Waals surface area contributed by atoms with Gasteiger partial charge in [0.05, 0.1) is 25.8 Å². The van der Waals surface area contributed by atoms with E-state index in [0.29, 0.717) is 17.1 Å². The van der Waals surface area contributed by atoms with Crippen LogP contribution in [0.4, 0.5) is 0 Å². The van der Waals surface area contributed by atoms with Crippen molar-refractivity contribution in [3.63, 3.8) is 0 Å². The molecule has 2 aromatic rings. The molecule has 0 N–H and O–H groups in total. The van der Waals surface area contributed by atoms with Gasteiger partial charge >= 0.3 is 0 Å². The lowest BCUT2D eigenvalue weighted by Crippen LogP contribution is -2.22. The van der Waals surface area contributed by atoms with Crippen molar-refractivity contribution in [2.24, 2.45) is 0 Å². The molecule has 0 radical (unpaired) electrons. The van der Waals surface area contributed by atoms with Crippen LogP contribution >= 0.6 is 0 Å². The van der Waals surface area contributed by atoms with Crippen LogP contribution in [0.1, 0.15) is 36.6 Å². The standard InChI is InChI=1S/C19H14O6/c1-24-15-6-3-10(8-16(15)25-2)7-14-17(20)12-5-4-11(19(22)23)9-13(12)18(14)21/h3-9H,1-2H3,(H,22,23)/p-1. The fraction of sp³-hybridized carbons (Fsp3) is 0.105. The number of fused-ring (bicyclic) bond motifs is 1. The summed E-state index contributed by atoms with van der Waals surface area (Å²) in [6.07, 6.45) is 1.45. The summed E-state index contributed by atoms with van der Waals surface area (Å²) in [5.41, 5.74) is 0.660. The molecule has 0 saturated heterocycles. The molecule has 0 aromatic heterocycles. The highest BCUT2D eigenvalue weighted by Crippen LogP contribution is 2.32. The van der Waals surface area contributed by atoms with Crippen molar-refractivity contribution in [2.45, 2.75) is 0 Å². The normalized spacial score (nSPS) is 14.6. The molecule has 126 valence electrons. The quantitative estimate of drug-likeness (QED) is 0.620. The third-order valence-electron chi connectivity index (χ3n) is 3.95. The summed E-state index contributed by atoms with van der Waals surface area (Å²) in [4.78, 5) is 35.9. The second kappa shape index (κ2) is 6.24. The van der Waals surface area contributed by atoms with Crippen LogP contribution in [0, 0.1) is 0 Å². The molecule has 6 heteroatoms. The van der Waals surface area contributed by atoms with Gasteiger partial charge in [0.15, 0.2) is 23.1 Å². The fourth-order valence-corrected chi connectivity index (χ4v) is 2.69. The van der Waals surface area contributed by atoms with Crippen molar-refractivity contribution in [1.82, 2.24) is 0 Å². The monoisotopic (exact) mass is 337 g/mol. The van der Waals surface area contributed by atoms with Gasteiger partial charge < -0.3 is 19.4 Å². The predicted octanol–water partition coefficient (Wildman–Crippen LogP) is 1.53. The number of hydrogen-bond donors (Lipinski definition) is 0. The highest BCUT2D eigenvalue weighted by atomic mass is 16.5. The van der Waals surface area contributed by atoms with Gasteiger partial charge in [-0.05, 0) is 41.5 Å². The number of rotatable bonds is 4. The van der Waals surface area contributed by atoms with E-state index in [4.69, 9.17) is 9.47 Å². The van der Waals surface area contributed by atoms with Crippen LogP contribution in [0.3, 0.4) is 0 Å². The Bertz CT molecular complexity index is 939. The number of methoxy groups -OCH3 is 2. The molecule has 0 bridgehead atoms. The third-order valence-corrected chi connectivity index (χ3v) is 3.95. The minimum atomic E-state index is -1.40. The first kappa shape index (κ1) is 16.4. The Hall–Kier alpha value is -3.41. The van der Waals surface area contributed by atoms with Gasteiger partial charge in [-0.1, -0.05) is 12.1 Å². The topological polar surface area (TPSA) is 92.7 Å². The molecule has 0 unspecified atom stereocenters. The van der Waals surface area contributed by atoms with Gasteiger partial charge in [-0.15, -0.1) is 0 Å². The van der Waals surface area contributed by atoms with E-state index in [-0.39, 0.29) is 22.3 Å². The van der Waals surface area contributed by atoms with Crippen LogP contribution < -0.4 is 14.6 Å². The average Bonchev–Trinajstić information content (AvgIpc) is 2.86. The number of ketones is 2. The lowest BCUT2D eigenvalue weighted by atomic mass is 10.1. The molecule has 0 amide bonds. The molecule has 2 aromatic carbocycles. The molecule has 0 atom stereocenters. The van der Waals surface area contributed by atoms with Crippen LogP contribution in [-0.2, 0) is 0 Å². The number of carboxylic acid groups (broad SMARTS) is 1. The molecule has 0 aliphatic heterocycles. The zero-order valence-electron chi connectivity index (χ0n) is 13.5. The molecule has 1 aliphatic rings. The Balaban J connectivity index is 2.04. The van der Waals surface area contributed by atoms with Crippen molar-refractivity contribution in [1.29, 1.82) is 0 Å². The summed E-state index contributed by atoms with van der Waals surface area (Å²) in [7, 11) is 2.99. The Morgan fingerprint density at radius 3 is 2.24 bits per heavy atom. The van der Waals surface area contributed by atoms with E-state index in [2.05, 4.69) is 0 Å². The van der Waals surface area contributed by atoms with E-state index < -0.39 is 17.5 Å². The van der Waals surface area contributed by atoms with Crippen molar-refractivity contribution in [2.75, 3.05) is 14.2 Å². The van der Waals surface area contributed by atoms with Gasteiger partial charge in [-0.2, -0.15) is 0 Å². The Morgan fingerprint density at radius 2 is 1.60 bits per heavy atom. The first-order chi connectivity index (χ1) is 12.0. The summed E-state index contributed by atoms with van der Waals surface area (Å²) in [6.45, 7) is 0. The Morgan fingerprint density at radius 1 is 0.920 bits per heavy atom. The molecule has 0 saturated carbocycles. The Kier molecular flexibility index (Phi) is 4.10. The highest BCUT2D eigenvalue weighted by Gasteiger charge is 2.33. The van der Waals surface area contributed by atoms with Crippen LogP contribution in [0.2, 0.25) is 0 Å². The van der Waals surface area contributed by atoms with Gasteiger partial charge in [0.25, 0.3) is 0 Å². The lowest BCUT2D eigenvalue weighted by Gasteiger charge is -2.07. The van der Waals surface area contributed by atoms with E-state index in [1.165, 1.54) is 38.5 Å². The third kappa shape index (κ3) is 2.78. The number of allylic oxidation sites excluding steroid dienone is 1. The number of aromatic carboxylic acids is 1. The van der Waals surface area contributed by atoms with Crippen molar-refractivity contribution in [3.8, 4) is 11.5 Å². The van der Waals surface area contributed by atoms with Crippen LogP contribution in [-0.4, -0.2) is 31.8 Å². The summed E-state index contributed by atoms with van der Waals surface area (Å²) in [6, 6.07) is 8.73. The summed E-state index contributed by atoms with van der Waals surface area (Å²) in [5, 5.41) is 10.9. The molecule has 0 spiro atoms. The van der Waals surface area contributed by atoms with Gasteiger partial charge in [-0.3, -0.25) is 9.59 Å². The summed E-state index contributed by atoms with van der Waals surface area (Å²) < 4.78 is 10.4. The van der Waals surface area contributed by atoms with E-state index >= 15 is 0 Å². The van der Waals surface area contributed by atoms with Crippen molar-refractivity contribution in [3.05, 3.63) is 64.2 Å². The maximum atomic E-state index is 12.5. The maximum absolute atomic E-state index is 12.5. The number of carbonyl (C=O) groups excluding carboxylic acids is 3. The van der Waals surface area contributed by atoms with Crippen molar-refractivity contribution >= 4 is 23.6 Å². The van der Waals surface area contributed by atoms with Gasteiger partial charge in [-0.25, -0.2) is 0 Å². The first-order valence-electron chi connectivity index (χ1n) is 7.34. The van der Waals surface area contributed by atoms with Crippen molar-refractivity contribution < 1.29 is 29.0 Å². The molecule has 0 heterocycles. The second-order valence-corrected chi connectivity index (χ2v) is 5.38. The highest BCUT2D eigenvalue weighted by molar-refractivity contribution is 6.41.